The Morgan fingerprint density at radius 3 is 2.85 bits per heavy atom. The average Bonchev–Trinajstić information content (AvgIpc) is 3.41. The second-order valence-electron chi connectivity index (χ2n) is 6.90. The zero-order valence-corrected chi connectivity index (χ0v) is 16.1. The molecule has 1 saturated heterocycles. The van der Waals surface area contributed by atoms with E-state index >= 15 is 0 Å². The molecule has 7 heteroatoms. The van der Waals surface area contributed by atoms with E-state index in [2.05, 4.69) is 10.0 Å². The molecule has 0 saturated carbocycles. The number of hydrogen-bond acceptors (Lipinski definition) is 6. The van der Waals surface area contributed by atoms with Crippen LogP contribution in [0.25, 0.3) is 0 Å². The van der Waals surface area contributed by atoms with Gasteiger partial charge >= 0.3 is 0 Å². The Balaban J connectivity index is 1.66. The summed E-state index contributed by atoms with van der Waals surface area (Å²) < 4.78 is 5.43. The monoisotopic (exact) mass is 385 g/mol. The molecule has 3 heterocycles. The summed E-state index contributed by atoms with van der Waals surface area (Å²) in [7, 11) is 1.53. The Bertz CT molecular complexity index is 844. The number of benzene rings is 1. The van der Waals surface area contributed by atoms with Crippen LogP contribution in [-0.2, 0) is 4.79 Å². The summed E-state index contributed by atoms with van der Waals surface area (Å²) in [6.45, 7) is 2.29. The molecule has 0 bridgehead atoms. The summed E-state index contributed by atoms with van der Waals surface area (Å²) in [4.78, 5) is 15.2. The van der Waals surface area contributed by atoms with Crippen molar-refractivity contribution in [1.29, 1.82) is 0 Å². The summed E-state index contributed by atoms with van der Waals surface area (Å²) >= 11 is 1.61. The van der Waals surface area contributed by atoms with Gasteiger partial charge in [0, 0.05) is 17.5 Å². The number of carbonyl (C=O) groups excluding carboxylic acids is 1. The number of hydrazone groups is 1. The molecule has 2 aliphatic rings. The molecule has 0 unspecified atom stereocenters. The first-order valence-corrected chi connectivity index (χ1v) is 10.1. The van der Waals surface area contributed by atoms with Crippen LogP contribution in [0.3, 0.4) is 0 Å². The SMILES string of the molecule is COc1c(O)cccc1[C@@H]1CC(c2ccsc2)=NN1C(=O)CN1CCCC1. The normalized spacial score (nSPS) is 20.1. The van der Waals surface area contributed by atoms with Gasteiger partial charge in [-0.3, -0.25) is 9.69 Å². The number of thiophene rings is 1. The number of rotatable bonds is 5. The molecule has 27 heavy (non-hydrogen) atoms. The topological polar surface area (TPSA) is 65.4 Å². The van der Waals surface area contributed by atoms with E-state index < -0.39 is 0 Å². The summed E-state index contributed by atoms with van der Waals surface area (Å²) in [6.07, 6.45) is 2.88. The molecular weight excluding hydrogens is 362 g/mol. The average molecular weight is 385 g/mol. The third kappa shape index (κ3) is 3.57. The Kier molecular flexibility index (Phi) is 5.13. The number of amides is 1. The molecular formula is C20H23N3O3S. The zero-order chi connectivity index (χ0) is 18.8. The number of phenolic OH excluding ortho intramolecular Hbond substituents is 1. The van der Waals surface area contributed by atoms with Crippen LogP contribution in [0.2, 0.25) is 0 Å². The molecule has 2 aliphatic heterocycles. The van der Waals surface area contributed by atoms with Gasteiger partial charge in [-0.05, 0) is 48.8 Å². The number of para-hydroxylation sites is 1. The first-order valence-electron chi connectivity index (χ1n) is 9.17. The number of ether oxygens (including phenoxy) is 1. The highest BCUT2D eigenvalue weighted by Crippen LogP contribution is 2.41. The van der Waals surface area contributed by atoms with Crippen molar-refractivity contribution in [3.05, 3.63) is 46.2 Å². The highest BCUT2D eigenvalue weighted by Gasteiger charge is 2.36. The number of aromatic hydroxyl groups is 1. The summed E-state index contributed by atoms with van der Waals surface area (Å²) in [6, 6.07) is 7.00. The summed E-state index contributed by atoms with van der Waals surface area (Å²) in [5.74, 6) is 0.465. The van der Waals surface area contributed by atoms with Gasteiger partial charge in [0.15, 0.2) is 11.5 Å². The van der Waals surface area contributed by atoms with Gasteiger partial charge in [-0.2, -0.15) is 16.4 Å². The van der Waals surface area contributed by atoms with Crippen molar-refractivity contribution in [2.24, 2.45) is 5.10 Å². The van der Waals surface area contributed by atoms with Crippen molar-refractivity contribution in [2.45, 2.75) is 25.3 Å². The van der Waals surface area contributed by atoms with Crippen LogP contribution in [0.4, 0.5) is 0 Å². The van der Waals surface area contributed by atoms with Crippen molar-refractivity contribution >= 4 is 23.0 Å². The van der Waals surface area contributed by atoms with E-state index in [1.807, 2.05) is 22.9 Å². The second-order valence-corrected chi connectivity index (χ2v) is 7.68. The lowest BCUT2D eigenvalue weighted by atomic mass is 9.98. The maximum absolute atomic E-state index is 13.1. The molecule has 4 rings (SSSR count). The lowest BCUT2D eigenvalue weighted by molar-refractivity contribution is -0.134. The molecule has 142 valence electrons. The van der Waals surface area contributed by atoms with Crippen molar-refractivity contribution in [3.63, 3.8) is 0 Å². The van der Waals surface area contributed by atoms with Gasteiger partial charge in [-0.1, -0.05) is 12.1 Å². The van der Waals surface area contributed by atoms with Crippen molar-refractivity contribution in [3.8, 4) is 11.5 Å². The third-order valence-corrected chi connectivity index (χ3v) is 5.85. The third-order valence-electron chi connectivity index (χ3n) is 5.17. The van der Waals surface area contributed by atoms with Crippen LogP contribution in [0.5, 0.6) is 11.5 Å². The van der Waals surface area contributed by atoms with Crippen molar-refractivity contribution in [2.75, 3.05) is 26.7 Å². The fourth-order valence-corrected chi connectivity index (χ4v) is 4.48. The van der Waals surface area contributed by atoms with E-state index in [-0.39, 0.29) is 17.7 Å². The quantitative estimate of drug-likeness (QED) is 0.858. The van der Waals surface area contributed by atoms with Crippen LogP contribution in [0.15, 0.2) is 40.1 Å². The van der Waals surface area contributed by atoms with Crippen LogP contribution in [0, 0.1) is 0 Å². The van der Waals surface area contributed by atoms with Crippen LogP contribution >= 0.6 is 11.3 Å². The fourth-order valence-electron chi connectivity index (χ4n) is 3.82. The van der Waals surface area contributed by atoms with Crippen molar-refractivity contribution in [1.82, 2.24) is 9.91 Å². The number of carbonyl (C=O) groups is 1. The molecule has 2 aromatic rings. The van der Waals surface area contributed by atoms with Gasteiger partial charge in [0.25, 0.3) is 5.91 Å². The second kappa shape index (κ2) is 7.70. The Morgan fingerprint density at radius 2 is 2.15 bits per heavy atom. The van der Waals surface area contributed by atoms with Gasteiger partial charge < -0.3 is 9.84 Å². The number of methoxy groups -OCH3 is 1. The predicted molar refractivity (Wildman–Crippen MR) is 105 cm³/mol. The number of nitrogens with zero attached hydrogens (tertiary/aromatic N) is 3. The molecule has 0 aliphatic carbocycles. The van der Waals surface area contributed by atoms with E-state index in [4.69, 9.17) is 4.74 Å². The van der Waals surface area contributed by atoms with Crippen LogP contribution < -0.4 is 4.74 Å². The molecule has 1 aromatic heterocycles. The molecule has 6 nitrogen and oxygen atoms in total. The minimum absolute atomic E-state index is 0.0162. The van der Waals surface area contributed by atoms with E-state index in [1.54, 1.807) is 28.5 Å². The first-order chi connectivity index (χ1) is 13.2. The fraction of sp³-hybridized carbons (Fsp3) is 0.400. The summed E-state index contributed by atoms with van der Waals surface area (Å²) in [5, 5.41) is 20.5. The van der Waals surface area contributed by atoms with Gasteiger partial charge in [0.2, 0.25) is 0 Å². The largest absolute Gasteiger partial charge is 0.504 e. The maximum Gasteiger partial charge on any atom is 0.257 e. The summed E-state index contributed by atoms with van der Waals surface area (Å²) in [5.41, 5.74) is 2.71. The predicted octanol–water partition coefficient (Wildman–Crippen LogP) is 3.24. The molecule has 1 aromatic carbocycles. The van der Waals surface area contributed by atoms with E-state index in [1.165, 1.54) is 7.11 Å². The zero-order valence-electron chi connectivity index (χ0n) is 15.3. The smallest absolute Gasteiger partial charge is 0.257 e. The number of phenols is 1. The van der Waals surface area contributed by atoms with E-state index in [0.29, 0.717) is 18.7 Å². The number of hydrogen-bond donors (Lipinski definition) is 1. The molecule has 0 spiro atoms. The molecule has 0 radical (unpaired) electrons. The molecule has 1 N–H and O–H groups in total. The highest BCUT2D eigenvalue weighted by molar-refractivity contribution is 7.08. The Labute approximate surface area is 162 Å². The van der Waals surface area contributed by atoms with E-state index in [0.717, 1.165) is 42.8 Å². The molecule has 1 amide bonds. The van der Waals surface area contributed by atoms with Crippen LogP contribution in [-0.4, -0.2) is 53.4 Å². The lowest BCUT2D eigenvalue weighted by Crippen LogP contribution is -2.37. The maximum atomic E-state index is 13.1. The highest BCUT2D eigenvalue weighted by atomic mass is 32.1. The van der Waals surface area contributed by atoms with Gasteiger partial charge in [0.05, 0.1) is 25.4 Å². The van der Waals surface area contributed by atoms with Crippen LogP contribution in [0.1, 0.15) is 36.4 Å². The molecule has 1 atom stereocenters. The Hall–Kier alpha value is -2.38. The van der Waals surface area contributed by atoms with Gasteiger partial charge in [-0.15, -0.1) is 0 Å². The number of likely N-dealkylation sites (tertiary alicyclic amines) is 1. The lowest BCUT2D eigenvalue weighted by Gasteiger charge is -2.25. The Morgan fingerprint density at radius 1 is 1.33 bits per heavy atom. The van der Waals surface area contributed by atoms with E-state index in [9.17, 15) is 9.90 Å². The van der Waals surface area contributed by atoms with Crippen molar-refractivity contribution < 1.29 is 14.6 Å². The standard InChI is InChI=1S/C20H23N3O3S/c1-26-20-15(5-4-6-18(20)24)17-11-16(14-7-10-27-13-14)21-23(17)19(25)12-22-8-2-3-9-22/h4-7,10,13,17,24H,2-3,8-9,11-12H2,1H3/t17-/m0/s1. The minimum Gasteiger partial charge on any atom is -0.504 e. The minimum atomic E-state index is -0.281. The van der Waals surface area contributed by atoms with Gasteiger partial charge in [-0.25, -0.2) is 5.01 Å². The van der Waals surface area contributed by atoms with Gasteiger partial charge in [0.1, 0.15) is 0 Å². The molecule has 1 fully saturated rings. The first kappa shape index (κ1) is 18.0.